The molecule has 12 heavy (non-hydrogen) atoms. The first-order valence-corrected chi connectivity index (χ1v) is 3.60. The molecule has 0 saturated heterocycles. The number of nitrogens with two attached hydrogens (primary N) is 1. The monoisotopic (exact) mass is 170 g/mol. The first-order chi connectivity index (χ1) is 5.65. The number of halogens is 1. The molecule has 0 radical (unpaired) electrons. The first kappa shape index (κ1) is 8.93. The predicted octanol–water partition coefficient (Wildman–Crippen LogP) is 1.25. The van der Waals surface area contributed by atoms with E-state index in [0.717, 1.165) is 6.20 Å². The third-order valence-electron chi connectivity index (χ3n) is 1.53. The highest BCUT2D eigenvalue weighted by molar-refractivity contribution is 5.28. The molecule has 3 nitrogen and oxygen atoms in total. The van der Waals surface area contributed by atoms with Crippen molar-refractivity contribution in [3.05, 3.63) is 23.6 Å². The van der Waals surface area contributed by atoms with Crippen LogP contribution in [-0.2, 0) is 0 Å². The highest BCUT2D eigenvalue weighted by Gasteiger charge is 2.09. The Morgan fingerprint density at radius 3 is 2.83 bits per heavy atom. The lowest BCUT2D eigenvalue weighted by Crippen LogP contribution is -2.08. The van der Waals surface area contributed by atoms with Crippen LogP contribution in [0.2, 0.25) is 0 Å². The topological polar surface area (TPSA) is 48.1 Å². The van der Waals surface area contributed by atoms with Crippen molar-refractivity contribution in [2.75, 3.05) is 7.11 Å². The smallest absolute Gasteiger partial charge is 0.218 e. The maximum atomic E-state index is 12.7. The lowest BCUT2D eigenvalue weighted by Gasteiger charge is -2.09. The third-order valence-corrected chi connectivity index (χ3v) is 1.53. The Bertz CT molecular complexity index is 276. The number of rotatable bonds is 2. The summed E-state index contributed by atoms with van der Waals surface area (Å²) in [6.45, 7) is 1.75. The molecule has 0 saturated carbocycles. The zero-order valence-corrected chi connectivity index (χ0v) is 7.04. The number of ether oxygens (including phenoxy) is 1. The van der Waals surface area contributed by atoms with Crippen LogP contribution in [0.4, 0.5) is 4.39 Å². The number of pyridine rings is 1. The van der Waals surface area contributed by atoms with E-state index in [1.807, 2.05) is 0 Å². The molecule has 0 aromatic carbocycles. The first-order valence-electron chi connectivity index (χ1n) is 3.60. The van der Waals surface area contributed by atoms with E-state index in [0.29, 0.717) is 11.4 Å². The van der Waals surface area contributed by atoms with Crippen LogP contribution in [-0.4, -0.2) is 12.1 Å². The van der Waals surface area contributed by atoms with Gasteiger partial charge in [0.1, 0.15) is 5.82 Å². The molecule has 1 aromatic rings. The molecule has 2 N–H and O–H groups in total. The minimum Gasteiger partial charge on any atom is -0.481 e. The van der Waals surface area contributed by atoms with Gasteiger partial charge in [-0.25, -0.2) is 9.37 Å². The molecular weight excluding hydrogens is 159 g/mol. The average molecular weight is 170 g/mol. The zero-order chi connectivity index (χ0) is 9.14. The third kappa shape index (κ3) is 1.71. The summed E-state index contributed by atoms with van der Waals surface area (Å²) in [6, 6.07) is 1.05. The Hall–Kier alpha value is -1.16. The van der Waals surface area contributed by atoms with Crippen molar-refractivity contribution in [1.82, 2.24) is 4.98 Å². The quantitative estimate of drug-likeness (QED) is 0.726. The summed E-state index contributed by atoms with van der Waals surface area (Å²) in [5.74, 6) is -0.0190. The lowest BCUT2D eigenvalue weighted by molar-refractivity contribution is 0.387. The highest BCUT2D eigenvalue weighted by Crippen LogP contribution is 2.20. The van der Waals surface area contributed by atoms with Crippen LogP contribution in [0.3, 0.4) is 0 Å². The molecule has 0 aliphatic heterocycles. The van der Waals surface area contributed by atoms with Gasteiger partial charge in [-0.05, 0) is 13.0 Å². The van der Waals surface area contributed by atoms with Crippen LogP contribution in [0.5, 0.6) is 5.88 Å². The minimum absolute atomic E-state index is 0.275. The van der Waals surface area contributed by atoms with Gasteiger partial charge >= 0.3 is 0 Å². The van der Waals surface area contributed by atoms with Gasteiger partial charge in [0, 0.05) is 11.6 Å². The van der Waals surface area contributed by atoms with E-state index in [1.165, 1.54) is 13.2 Å². The second kappa shape index (κ2) is 3.49. The van der Waals surface area contributed by atoms with Gasteiger partial charge in [-0.3, -0.25) is 0 Å². The fraction of sp³-hybridized carbons (Fsp3) is 0.375. The standard InChI is InChI=1S/C8H11FN2O/c1-5(10)7-3-6(9)4-11-8(7)12-2/h3-5H,10H2,1-2H3/t5-/m1/s1. The lowest BCUT2D eigenvalue weighted by atomic mass is 10.1. The molecule has 0 spiro atoms. The molecule has 0 fully saturated rings. The molecular formula is C8H11FN2O. The minimum atomic E-state index is -0.400. The van der Waals surface area contributed by atoms with Crippen LogP contribution >= 0.6 is 0 Å². The SMILES string of the molecule is COc1ncc(F)cc1[C@@H](C)N. The van der Waals surface area contributed by atoms with Crippen molar-refractivity contribution in [2.45, 2.75) is 13.0 Å². The Morgan fingerprint density at radius 2 is 2.33 bits per heavy atom. The molecule has 1 atom stereocenters. The van der Waals surface area contributed by atoms with E-state index in [9.17, 15) is 4.39 Å². The van der Waals surface area contributed by atoms with Gasteiger partial charge < -0.3 is 10.5 Å². The highest BCUT2D eigenvalue weighted by atomic mass is 19.1. The zero-order valence-electron chi connectivity index (χ0n) is 7.04. The summed E-state index contributed by atoms with van der Waals surface area (Å²) < 4.78 is 17.6. The van der Waals surface area contributed by atoms with Crippen molar-refractivity contribution in [2.24, 2.45) is 5.73 Å². The second-order valence-electron chi connectivity index (χ2n) is 2.54. The second-order valence-corrected chi connectivity index (χ2v) is 2.54. The molecule has 66 valence electrons. The molecule has 0 bridgehead atoms. The molecule has 0 aliphatic rings. The fourth-order valence-electron chi connectivity index (χ4n) is 0.939. The molecule has 0 unspecified atom stereocenters. The Kier molecular flexibility index (Phi) is 2.60. The predicted molar refractivity (Wildman–Crippen MR) is 43.3 cm³/mol. The van der Waals surface area contributed by atoms with Crippen LogP contribution in [0.1, 0.15) is 18.5 Å². The average Bonchev–Trinajstić information content (AvgIpc) is 2.04. The van der Waals surface area contributed by atoms with Gasteiger partial charge in [-0.2, -0.15) is 0 Å². The summed E-state index contributed by atoms with van der Waals surface area (Å²) in [4.78, 5) is 3.74. The molecule has 0 amide bonds. The molecule has 1 aromatic heterocycles. The maximum Gasteiger partial charge on any atom is 0.218 e. The molecule has 1 heterocycles. The number of methoxy groups -OCH3 is 1. The van der Waals surface area contributed by atoms with E-state index >= 15 is 0 Å². The normalized spacial score (nSPS) is 12.7. The van der Waals surface area contributed by atoms with Crippen LogP contribution in [0.15, 0.2) is 12.3 Å². The number of nitrogens with zero attached hydrogens (tertiary/aromatic N) is 1. The van der Waals surface area contributed by atoms with Crippen molar-refractivity contribution >= 4 is 0 Å². The van der Waals surface area contributed by atoms with E-state index in [1.54, 1.807) is 6.92 Å². The van der Waals surface area contributed by atoms with Crippen molar-refractivity contribution in [1.29, 1.82) is 0 Å². The van der Waals surface area contributed by atoms with Crippen LogP contribution in [0, 0.1) is 5.82 Å². The summed E-state index contributed by atoms with van der Waals surface area (Å²) in [5, 5.41) is 0. The van der Waals surface area contributed by atoms with Gasteiger partial charge in [-0.15, -0.1) is 0 Å². The molecule has 0 aliphatic carbocycles. The largest absolute Gasteiger partial charge is 0.481 e. The number of hydrogen-bond donors (Lipinski definition) is 1. The Balaban J connectivity index is 3.12. The van der Waals surface area contributed by atoms with Gasteiger partial charge in [-0.1, -0.05) is 0 Å². The van der Waals surface area contributed by atoms with Crippen molar-refractivity contribution < 1.29 is 9.13 Å². The van der Waals surface area contributed by atoms with E-state index in [-0.39, 0.29) is 6.04 Å². The van der Waals surface area contributed by atoms with Crippen molar-refractivity contribution in [3.63, 3.8) is 0 Å². The summed E-state index contributed by atoms with van der Waals surface area (Å²) in [5.41, 5.74) is 6.15. The van der Waals surface area contributed by atoms with E-state index in [4.69, 9.17) is 10.5 Å². The van der Waals surface area contributed by atoms with E-state index < -0.39 is 5.82 Å². The van der Waals surface area contributed by atoms with Gasteiger partial charge in [0.15, 0.2) is 0 Å². The van der Waals surface area contributed by atoms with Gasteiger partial charge in [0.05, 0.1) is 13.3 Å². The maximum absolute atomic E-state index is 12.7. The Morgan fingerprint density at radius 1 is 1.67 bits per heavy atom. The van der Waals surface area contributed by atoms with Gasteiger partial charge in [0.2, 0.25) is 5.88 Å². The summed E-state index contributed by atoms with van der Waals surface area (Å²) in [7, 11) is 1.48. The Labute approximate surface area is 70.4 Å². The fourth-order valence-corrected chi connectivity index (χ4v) is 0.939. The van der Waals surface area contributed by atoms with Crippen LogP contribution in [0.25, 0.3) is 0 Å². The van der Waals surface area contributed by atoms with E-state index in [2.05, 4.69) is 4.98 Å². The van der Waals surface area contributed by atoms with Gasteiger partial charge in [0.25, 0.3) is 0 Å². The summed E-state index contributed by atoms with van der Waals surface area (Å²) in [6.07, 6.45) is 1.10. The van der Waals surface area contributed by atoms with Crippen molar-refractivity contribution in [3.8, 4) is 5.88 Å². The summed E-state index contributed by atoms with van der Waals surface area (Å²) >= 11 is 0. The molecule has 1 rings (SSSR count). The number of aromatic nitrogens is 1. The van der Waals surface area contributed by atoms with Crippen LogP contribution < -0.4 is 10.5 Å². The molecule has 4 heteroatoms. The number of hydrogen-bond acceptors (Lipinski definition) is 3.